The molecule has 0 saturated heterocycles. The Labute approximate surface area is 258 Å². The van der Waals surface area contributed by atoms with Crippen molar-refractivity contribution in [1.29, 1.82) is 0 Å². The SMILES string of the molecule is c1ccc(-c2ccc([Si](c3ccccc3)(c3ccccc3)c3cc4c5ccccc5n(-c5ccccc5)c4cn3)cc2)cc1. The van der Waals surface area contributed by atoms with Crippen molar-refractivity contribution in [2.24, 2.45) is 0 Å². The van der Waals surface area contributed by atoms with Gasteiger partial charge in [0.15, 0.2) is 0 Å². The van der Waals surface area contributed by atoms with Crippen molar-refractivity contribution in [3.05, 3.63) is 182 Å². The molecule has 0 fully saturated rings. The molecule has 0 spiro atoms. The number of pyridine rings is 1. The predicted molar refractivity (Wildman–Crippen MR) is 188 cm³/mol. The Kier molecular flexibility index (Phi) is 6.51. The summed E-state index contributed by atoms with van der Waals surface area (Å²) in [6.07, 6.45) is 2.10. The van der Waals surface area contributed by atoms with Crippen LogP contribution in [0.1, 0.15) is 0 Å². The highest BCUT2D eigenvalue weighted by molar-refractivity contribution is 7.19. The van der Waals surface area contributed by atoms with Gasteiger partial charge in [0, 0.05) is 21.8 Å². The fourth-order valence-electron chi connectivity index (χ4n) is 6.79. The van der Waals surface area contributed by atoms with E-state index >= 15 is 0 Å². The van der Waals surface area contributed by atoms with Crippen LogP contribution in [0.25, 0.3) is 38.6 Å². The van der Waals surface area contributed by atoms with Crippen molar-refractivity contribution in [3.8, 4) is 16.8 Å². The second-order valence-corrected chi connectivity index (χ2v) is 14.9. The molecule has 208 valence electrons. The zero-order valence-electron chi connectivity index (χ0n) is 24.2. The molecule has 2 aromatic heterocycles. The van der Waals surface area contributed by atoms with E-state index in [1.54, 1.807) is 0 Å². The first-order valence-electron chi connectivity index (χ1n) is 15.1. The highest BCUT2D eigenvalue weighted by Gasteiger charge is 2.43. The topological polar surface area (TPSA) is 17.8 Å². The van der Waals surface area contributed by atoms with Gasteiger partial charge >= 0.3 is 0 Å². The van der Waals surface area contributed by atoms with Crippen LogP contribution in [-0.4, -0.2) is 17.6 Å². The molecule has 0 amide bonds. The number of rotatable bonds is 6. The summed E-state index contributed by atoms with van der Waals surface area (Å²) in [4.78, 5) is 5.41. The molecule has 0 N–H and O–H groups in total. The molecular weight excluding hydrogens is 549 g/mol. The molecule has 44 heavy (non-hydrogen) atoms. The Bertz CT molecular complexity index is 2150. The maximum absolute atomic E-state index is 5.41. The zero-order valence-corrected chi connectivity index (χ0v) is 25.2. The molecule has 0 aliphatic carbocycles. The summed E-state index contributed by atoms with van der Waals surface area (Å²) in [5, 5.41) is 7.53. The molecule has 0 bridgehead atoms. The number of nitrogens with zero attached hydrogens (tertiary/aromatic N) is 2. The first-order chi connectivity index (χ1) is 21.8. The van der Waals surface area contributed by atoms with Crippen LogP contribution in [0, 0.1) is 0 Å². The van der Waals surface area contributed by atoms with Crippen molar-refractivity contribution < 1.29 is 0 Å². The first kappa shape index (κ1) is 26.1. The molecule has 0 aliphatic rings. The highest BCUT2D eigenvalue weighted by atomic mass is 28.3. The van der Waals surface area contributed by atoms with Gasteiger partial charge in [0.1, 0.15) is 0 Å². The fraction of sp³-hybridized carbons (Fsp3) is 0. The van der Waals surface area contributed by atoms with Gasteiger partial charge in [-0.25, -0.2) is 0 Å². The molecule has 3 heteroatoms. The molecule has 6 aromatic carbocycles. The molecule has 2 heterocycles. The van der Waals surface area contributed by atoms with E-state index in [9.17, 15) is 0 Å². The van der Waals surface area contributed by atoms with Gasteiger partial charge in [0.2, 0.25) is 8.07 Å². The molecule has 8 rings (SSSR count). The molecule has 0 unspecified atom stereocenters. The van der Waals surface area contributed by atoms with Crippen LogP contribution in [0.5, 0.6) is 0 Å². The average Bonchev–Trinajstić information content (AvgIpc) is 3.44. The minimum absolute atomic E-state index is 1.12. The second kappa shape index (κ2) is 11.0. The lowest BCUT2D eigenvalue weighted by Crippen LogP contribution is -2.75. The van der Waals surface area contributed by atoms with Crippen LogP contribution in [0.3, 0.4) is 0 Å². The Hall–Kier alpha value is -5.51. The Morgan fingerprint density at radius 1 is 0.409 bits per heavy atom. The highest BCUT2D eigenvalue weighted by Crippen LogP contribution is 2.31. The van der Waals surface area contributed by atoms with E-state index in [4.69, 9.17) is 4.98 Å². The molecular formula is C41H30N2Si. The van der Waals surface area contributed by atoms with Gasteiger partial charge < -0.3 is 4.57 Å². The van der Waals surface area contributed by atoms with Gasteiger partial charge in [-0.05, 0) is 51.0 Å². The van der Waals surface area contributed by atoms with E-state index in [0.29, 0.717) is 0 Å². The van der Waals surface area contributed by atoms with Crippen molar-refractivity contribution in [2.45, 2.75) is 0 Å². The maximum Gasteiger partial charge on any atom is 0.201 e. The summed E-state index contributed by atoms with van der Waals surface area (Å²) in [6, 6.07) is 63.6. The van der Waals surface area contributed by atoms with Gasteiger partial charge in [-0.3, -0.25) is 4.98 Å². The largest absolute Gasteiger partial charge is 0.308 e. The number of hydrogen-bond donors (Lipinski definition) is 0. The normalized spacial score (nSPS) is 11.6. The molecule has 0 radical (unpaired) electrons. The molecule has 0 aliphatic heterocycles. The minimum atomic E-state index is -2.82. The number of benzene rings is 6. The van der Waals surface area contributed by atoms with Gasteiger partial charge in [-0.1, -0.05) is 152 Å². The predicted octanol–water partition coefficient (Wildman–Crippen LogP) is 7.22. The van der Waals surface area contributed by atoms with Crippen LogP contribution in [0.15, 0.2) is 182 Å². The zero-order chi connectivity index (χ0) is 29.3. The molecule has 0 atom stereocenters. The summed E-state index contributed by atoms with van der Waals surface area (Å²) >= 11 is 0. The van der Waals surface area contributed by atoms with Crippen LogP contribution in [0.4, 0.5) is 0 Å². The van der Waals surface area contributed by atoms with Crippen LogP contribution in [0.2, 0.25) is 0 Å². The third kappa shape index (κ3) is 4.21. The number of hydrogen-bond acceptors (Lipinski definition) is 1. The Morgan fingerprint density at radius 2 is 0.909 bits per heavy atom. The Balaban J connectivity index is 1.44. The van der Waals surface area contributed by atoms with E-state index in [1.807, 2.05) is 0 Å². The van der Waals surface area contributed by atoms with Crippen LogP contribution in [-0.2, 0) is 0 Å². The monoisotopic (exact) mass is 578 g/mol. The first-order valence-corrected chi connectivity index (χ1v) is 17.1. The van der Waals surface area contributed by atoms with Crippen molar-refractivity contribution in [2.75, 3.05) is 0 Å². The number of aromatic nitrogens is 2. The van der Waals surface area contributed by atoms with Crippen LogP contribution < -0.4 is 20.9 Å². The average molecular weight is 579 g/mol. The molecule has 0 saturated carbocycles. The fourth-order valence-corrected chi connectivity index (χ4v) is 11.3. The lowest BCUT2D eigenvalue weighted by atomic mass is 10.1. The maximum atomic E-state index is 5.41. The third-order valence-corrected chi connectivity index (χ3v) is 13.4. The quantitative estimate of drug-likeness (QED) is 0.150. The lowest BCUT2D eigenvalue weighted by Gasteiger charge is -2.33. The van der Waals surface area contributed by atoms with Gasteiger partial charge in [-0.15, -0.1) is 0 Å². The van der Waals surface area contributed by atoms with E-state index in [2.05, 4.69) is 187 Å². The summed E-state index contributed by atoms with van der Waals surface area (Å²) in [6.45, 7) is 0. The standard InChI is InChI=1S/C41H30N2Si/c1-5-15-31(16-6-1)32-25-27-36(28-26-32)44(34-19-9-3-10-20-34,35-21-11-4-12-22-35)41-29-38-37-23-13-14-24-39(37)43(40(38)30-42-41)33-17-7-2-8-18-33/h1-30H. The smallest absolute Gasteiger partial charge is 0.201 e. The molecule has 2 nitrogen and oxygen atoms in total. The second-order valence-electron chi connectivity index (χ2n) is 11.2. The van der Waals surface area contributed by atoms with Crippen molar-refractivity contribution in [1.82, 2.24) is 9.55 Å². The van der Waals surface area contributed by atoms with Crippen molar-refractivity contribution >= 4 is 50.8 Å². The van der Waals surface area contributed by atoms with E-state index in [1.165, 1.54) is 43.0 Å². The number of fused-ring (bicyclic) bond motifs is 3. The summed E-state index contributed by atoms with van der Waals surface area (Å²) in [5.41, 5.74) is 5.88. The van der Waals surface area contributed by atoms with E-state index in [0.717, 1.165) is 16.5 Å². The summed E-state index contributed by atoms with van der Waals surface area (Å²) in [7, 11) is -2.82. The Morgan fingerprint density at radius 3 is 1.55 bits per heavy atom. The van der Waals surface area contributed by atoms with Crippen LogP contribution >= 0.6 is 0 Å². The number of para-hydroxylation sites is 2. The van der Waals surface area contributed by atoms with Gasteiger partial charge in [-0.2, -0.15) is 0 Å². The summed E-state index contributed by atoms with van der Waals surface area (Å²) < 4.78 is 2.34. The minimum Gasteiger partial charge on any atom is -0.308 e. The van der Waals surface area contributed by atoms with E-state index < -0.39 is 8.07 Å². The third-order valence-electron chi connectivity index (χ3n) is 8.80. The van der Waals surface area contributed by atoms with Crippen molar-refractivity contribution in [3.63, 3.8) is 0 Å². The molecule has 8 aromatic rings. The summed E-state index contributed by atoms with van der Waals surface area (Å²) in [5.74, 6) is 0. The van der Waals surface area contributed by atoms with E-state index in [-0.39, 0.29) is 0 Å². The lowest BCUT2D eigenvalue weighted by molar-refractivity contribution is 1.17. The van der Waals surface area contributed by atoms with Gasteiger partial charge in [0.25, 0.3) is 0 Å². The van der Waals surface area contributed by atoms with Gasteiger partial charge in [0.05, 0.1) is 17.2 Å².